The number of methoxy groups -OCH3 is 1. The minimum atomic E-state index is -0.703. The van der Waals surface area contributed by atoms with Crippen LogP contribution in [-0.2, 0) is 19.8 Å². The molecule has 0 heterocycles. The van der Waals surface area contributed by atoms with Crippen molar-refractivity contribution in [1.82, 2.24) is 5.32 Å². The molecule has 0 spiro atoms. The second-order valence-electron chi connectivity index (χ2n) is 6.51. The molecule has 0 amide bonds. The van der Waals surface area contributed by atoms with Crippen LogP contribution in [0.25, 0.3) is 0 Å². The van der Waals surface area contributed by atoms with E-state index in [0.717, 1.165) is 23.0 Å². The van der Waals surface area contributed by atoms with E-state index in [9.17, 15) is 4.79 Å². The van der Waals surface area contributed by atoms with Crippen LogP contribution in [0, 0.1) is 0 Å². The molecule has 1 N–H and O–H groups in total. The van der Waals surface area contributed by atoms with Crippen molar-refractivity contribution in [1.29, 1.82) is 0 Å². The summed E-state index contributed by atoms with van der Waals surface area (Å²) in [5, 5.41) is 3.58. The number of nitrogens with one attached hydrogen (secondary N) is 1. The first-order valence-electron chi connectivity index (χ1n) is 9.27. The number of aldehydes is 1. The second kappa shape index (κ2) is 9.95. The number of rotatable bonds is 10. The quantitative estimate of drug-likeness (QED) is 0.254. The predicted octanol–water partition coefficient (Wildman–Crippen LogP) is 3.76. The maximum Gasteiger partial charge on any atom is 0.146 e. The average Bonchev–Trinajstić information content (AvgIpc) is 2.78. The Morgan fingerprint density at radius 2 is 1.25 bits per heavy atom. The van der Waals surface area contributed by atoms with Gasteiger partial charge in [0.1, 0.15) is 13.1 Å². The molecule has 0 saturated heterocycles. The van der Waals surface area contributed by atoms with Gasteiger partial charge in [-0.1, -0.05) is 91.0 Å². The summed E-state index contributed by atoms with van der Waals surface area (Å²) < 4.78 is 10.4. The molecular formula is C24H25NO3. The minimum absolute atomic E-state index is 0.140. The molecule has 0 radical (unpaired) electrons. The standard InChI is InChI=1S/C24H25NO3/c1-27-19-28-18-23(17-26)25-24(20-11-5-2-6-12-20,21-13-7-3-8-14-21)22-15-9-4-10-16-22/h2-17,23,25H,18-19H2,1H3. The van der Waals surface area contributed by atoms with Crippen molar-refractivity contribution in [2.75, 3.05) is 20.5 Å². The molecule has 4 nitrogen and oxygen atoms in total. The molecule has 0 bridgehead atoms. The third-order valence-electron chi connectivity index (χ3n) is 4.69. The fourth-order valence-corrected chi connectivity index (χ4v) is 3.47. The first kappa shape index (κ1) is 20.0. The number of ether oxygens (including phenoxy) is 2. The lowest BCUT2D eigenvalue weighted by Gasteiger charge is -2.39. The number of carbonyl (C=O) groups excluding carboxylic acids is 1. The molecule has 1 unspecified atom stereocenters. The van der Waals surface area contributed by atoms with Crippen LogP contribution < -0.4 is 5.32 Å². The Hall–Kier alpha value is -2.79. The van der Waals surface area contributed by atoms with Crippen LogP contribution in [0.15, 0.2) is 91.0 Å². The van der Waals surface area contributed by atoms with Crippen molar-refractivity contribution >= 4 is 6.29 Å². The highest BCUT2D eigenvalue weighted by molar-refractivity contribution is 5.60. The Morgan fingerprint density at radius 1 is 0.821 bits per heavy atom. The Balaban J connectivity index is 2.15. The normalized spacial score (nSPS) is 12.5. The summed E-state index contributed by atoms with van der Waals surface area (Å²) in [7, 11) is 1.56. The SMILES string of the molecule is COCOCC(C=O)NC(c1ccccc1)(c1ccccc1)c1ccccc1. The molecule has 3 aromatic rings. The van der Waals surface area contributed by atoms with Crippen LogP contribution in [-0.4, -0.2) is 32.8 Å². The maximum absolute atomic E-state index is 11.9. The van der Waals surface area contributed by atoms with E-state index in [0.29, 0.717) is 0 Å². The zero-order valence-corrected chi connectivity index (χ0v) is 16.0. The average molecular weight is 375 g/mol. The van der Waals surface area contributed by atoms with Crippen molar-refractivity contribution in [3.8, 4) is 0 Å². The fraction of sp³-hybridized carbons (Fsp3) is 0.208. The molecule has 0 fully saturated rings. The molecule has 0 aliphatic carbocycles. The van der Waals surface area contributed by atoms with Crippen LogP contribution in [0.4, 0.5) is 0 Å². The van der Waals surface area contributed by atoms with Gasteiger partial charge in [-0.15, -0.1) is 0 Å². The van der Waals surface area contributed by atoms with E-state index in [2.05, 4.69) is 41.7 Å². The third-order valence-corrected chi connectivity index (χ3v) is 4.69. The lowest BCUT2D eigenvalue weighted by atomic mass is 9.76. The van der Waals surface area contributed by atoms with Crippen LogP contribution in [0.2, 0.25) is 0 Å². The van der Waals surface area contributed by atoms with E-state index in [4.69, 9.17) is 9.47 Å². The van der Waals surface area contributed by atoms with Gasteiger partial charge in [0.05, 0.1) is 18.2 Å². The minimum Gasteiger partial charge on any atom is -0.359 e. The first-order chi connectivity index (χ1) is 13.8. The van der Waals surface area contributed by atoms with Gasteiger partial charge >= 0.3 is 0 Å². The summed E-state index contributed by atoms with van der Waals surface area (Å²) in [6.45, 7) is 0.354. The maximum atomic E-state index is 11.9. The van der Waals surface area contributed by atoms with E-state index < -0.39 is 11.6 Å². The highest BCUT2D eigenvalue weighted by Crippen LogP contribution is 2.37. The monoisotopic (exact) mass is 375 g/mol. The van der Waals surface area contributed by atoms with E-state index in [1.807, 2.05) is 54.6 Å². The summed E-state index contributed by atoms with van der Waals surface area (Å²) in [6.07, 6.45) is 0.888. The largest absolute Gasteiger partial charge is 0.359 e. The van der Waals surface area contributed by atoms with E-state index in [1.165, 1.54) is 0 Å². The lowest BCUT2D eigenvalue weighted by molar-refractivity contribution is -0.113. The van der Waals surface area contributed by atoms with Crippen LogP contribution in [0.3, 0.4) is 0 Å². The molecule has 3 rings (SSSR count). The molecule has 4 heteroatoms. The van der Waals surface area contributed by atoms with Gasteiger partial charge in [-0.3, -0.25) is 5.32 Å². The topological polar surface area (TPSA) is 47.6 Å². The summed E-state index contributed by atoms with van der Waals surface area (Å²) in [6, 6.07) is 29.9. The Labute approximate surface area is 166 Å². The third kappa shape index (κ3) is 4.37. The van der Waals surface area contributed by atoms with Gasteiger partial charge in [-0.25, -0.2) is 0 Å². The summed E-state index contributed by atoms with van der Waals surface area (Å²) in [5.41, 5.74) is 2.44. The smallest absolute Gasteiger partial charge is 0.146 e. The predicted molar refractivity (Wildman–Crippen MR) is 110 cm³/mol. The number of hydrogen-bond donors (Lipinski definition) is 1. The van der Waals surface area contributed by atoms with Gasteiger partial charge in [-0.05, 0) is 16.7 Å². The molecule has 3 aromatic carbocycles. The van der Waals surface area contributed by atoms with Crippen LogP contribution in [0.1, 0.15) is 16.7 Å². The fourth-order valence-electron chi connectivity index (χ4n) is 3.47. The molecule has 0 aliphatic heterocycles. The van der Waals surface area contributed by atoms with Crippen molar-refractivity contribution < 1.29 is 14.3 Å². The molecular weight excluding hydrogens is 350 g/mol. The Kier molecular flexibility index (Phi) is 7.09. The van der Waals surface area contributed by atoms with Crippen molar-refractivity contribution in [2.45, 2.75) is 11.6 Å². The molecule has 0 aromatic heterocycles. The van der Waals surface area contributed by atoms with Gasteiger partial charge < -0.3 is 14.3 Å². The van der Waals surface area contributed by atoms with Gasteiger partial charge in [0.15, 0.2) is 0 Å². The lowest BCUT2D eigenvalue weighted by Crippen LogP contribution is -2.52. The number of carbonyl (C=O) groups is 1. The summed E-state index contributed by atoms with van der Waals surface area (Å²) >= 11 is 0. The molecule has 0 aliphatic rings. The summed E-state index contributed by atoms with van der Waals surface area (Å²) in [5.74, 6) is 0. The molecule has 144 valence electrons. The molecule has 1 atom stereocenters. The van der Waals surface area contributed by atoms with Crippen LogP contribution in [0.5, 0.6) is 0 Å². The van der Waals surface area contributed by atoms with Crippen molar-refractivity contribution in [2.24, 2.45) is 0 Å². The zero-order valence-electron chi connectivity index (χ0n) is 16.0. The molecule has 0 saturated carbocycles. The van der Waals surface area contributed by atoms with Crippen LogP contribution >= 0.6 is 0 Å². The van der Waals surface area contributed by atoms with E-state index in [1.54, 1.807) is 7.11 Å². The van der Waals surface area contributed by atoms with E-state index >= 15 is 0 Å². The van der Waals surface area contributed by atoms with Gasteiger partial charge in [-0.2, -0.15) is 0 Å². The molecule has 28 heavy (non-hydrogen) atoms. The van der Waals surface area contributed by atoms with Crippen molar-refractivity contribution in [3.63, 3.8) is 0 Å². The summed E-state index contributed by atoms with van der Waals surface area (Å²) in [4.78, 5) is 11.9. The highest BCUT2D eigenvalue weighted by atomic mass is 16.7. The van der Waals surface area contributed by atoms with Gasteiger partial charge in [0.2, 0.25) is 0 Å². The second-order valence-corrected chi connectivity index (χ2v) is 6.51. The van der Waals surface area contributed by atoms with Crippen molar-refractivity contribution in [3.05, 3.63) is 108 Å². The van der Waals surface area contributed by atoms with Gasteiger partial charge in [0.25, 0.3) is 0 Å². The van der Waals surface area contributed by atoms with Gasteiger partial charge in [0, 0.05) is 7.11 Å². The zero-order chi connectivity index (χ0) is 19.7. The first-order valence-corrected chi connectivity index (χ1v) is 9.27. The number of hydrogen-bond acceptors (Lipinski definition) is 4. The Morgan fingerprint density at radius 3 is 1.61 bits per heavy atom. The Bertz CT molecular complexity index is 741. The highest BCUT2D eigenvalue weighted by Gasteiger charge is 2.38. The van der Waals surface area contributed by atoms with E-state index in [-0.39, 0.29) is 13.4 Å². The number of benzene rings is 3.